The summed E-state index contributed by atoms with van der Waals surface area (Å²) in [5.74, 6) is -1.23. The van der Waals surface area contributed by atoms with Gasteiger partial charge < -0.3 is 15.2 Å². The molecule has 0 fully saturated rings. The zero-order chi connectivity index (χ0) is 22.0. The van der Waals surface area contributed by atoms with Crippen LogP contribution in [0.2, 0.25) is 5.02 Å². The molecule has 1 aliphatic rings. The first-order chi connectivity index (χ1) is 15.0. The van der Waals surface area contributed by atoms with Gasteiger partial charge >= 0.3 is 5.97 Å². The lowest BCUT2D eigenvalue weighted by Gasteiger charge is -2.27. The van der Waals surface area contributed by atoms with Gasteiger partial charge in [0.2, 0.25) is 5.88 Å². The number of benzene rings is 3. The second-order valence-corrected chi connectivity index (χ2v) is 7.36. The van der Waals surface area contributed by atoms with Gasteiger partial charge in [0.15, 0.2) is 0 Å². The number of nitriles is 1. The predicted octanol–water partition coefficient (Wildman–Crippen LogP) is 4.85. The van der Waals surface area contributed by atoms with Gasteiger partial charge in [-0.15, -0.1) is 0 Å². The van der Waals surface area contributed by atoms with E-state index in [0.717, 1.165) is 5.56 Å². The van der Waals surface area contributed by atoms with Crippen LogP contribution in [0.1, 0.15) is 22.6 Å². The Kier molecular flexibility index (Phi) is 5.61. The van der Waals surface area contributed by atoms with Gasteiger partial charge in [-0.3, -0.25) is 4.79 Å². The predicted molar refractivity (Wildman–Crippen MR) is 113 cm³/mol. The Bertz CT molecular complexity index is 1230. The Balaban J connectivity index is 1.62. The molecule has 2 N–H and O–H groups in total. The summed E-state index contributed by atoms with van der Waals surface area (Å²) in [5, 5.41) is 10.2. The maximum Gasteiger partial charge on any atom is 0.315 e. The molecule has 0 aromatic heterocycles. The fourth-order valence-electron chi connectivity index (χ4n) is 3.46. The molecule has 0 radical (unpaired) electrons. The minimum atomic E-state index is -0.728. The number of ether oxygens (including phenoxy) is 2. The summed E-state index contributed by atoms with van der Waals surface area (Å²) in [6.45, 7) is 0. The maximum absolute atomic E-state index is 14.5. The zero-order valence-electron chi connectivity index (χ0n) is 16.1. The maximum atomic E-state index is 14.5. The molecule has 1 atom stereocenters. The van der Waals surface area contributed by atoms with Gasteiger partial charge in [0.1, 0.15) is 29.0 Å². The van der Waals surface area contributed by atoms with Crippen LogP contribution >= 0.6 is 11.6 Å². The van der Waals surface area contributed by atoms with Gasteiger partial charge in [0.25, 0.3) is 0 Å². The number of fused-ring (bicyclic) bond motifs is 1. The van der Waals surface area contributed by atoms with Crippen molar-refractivity contribution in [2.75, 3.05) is 0 Å². The summed E-state index contributed by atoms with van der Waals surface area (Å²) >= 11 is 5.86. The Morgan fingerprint density at radius 2 is 1.87 bits per heavy atom. The van der Waals surface area contributed by atoms with E-state index in [2.05, 4.69) is 0 Å². The average molecular weight is 435 g/mol. The molecule has 0 spiro atoms. The summed E-state index contributed by atoms with van der Waals surface area (Å²) in [7, 11) is 0. The lowest BCUT2D eigenvalue weighted by atomic mass is 9.83. The van der Waals surface area contributed by atoms with Crippen molar-refractivity contribution in [3.63, 3.8) is 0 Å². The zero-order valence-corrected chi connectivity index (χ0v) is 16.9. The second-order valence-electron chi connectivity index (χ2n) is 6.92. The third kappa shape index (κ3) is 4.23. The first-order valence-corrected chi connectivity index (χ1v) is 9.75. The highest BCUT2D eigenvalue weighted by Gasteiger charge is 2.32. The van der Waals surface area contributed by atoms with E-state index in [9.17, 15) is 14.4 Å². The number of halogens is 2. The lowest BCUT2D eigenvalue weighted by Crippen LogP contribution is -2.22. The average Bonchev–Trinajstić information content (AvgIpc) is 2.75. The number of nitrogens with two attached hydrogens (primary N) is 1. The molecule has 154 valence electrons. The van der Waals surface area contributed by atoms with Gasteiger partial charge in [0, 0.05) is 22.2 Å². The van der Waals surface area contributed by atoms with Crippen molar-refractivity contribution in [3.8, 4) is 17.6 Å². The fraction of sp³-hybridized carbons (Fsp3) is 0.0833. The van der Waals surface area contributed by atoms with Crippen molar-refractivity contribution in [1.29, 1.82) is 5.26 Å². The summed E-state index contributed by atoms with van der Waals surface area (Å²) in [6.07, 6.45) is 0.0631. The Morgan fingerprint density at radius 3 is 2.58 bits per heavy atom. The highest BCUT2D eigenvalue weighted by molar-refractivity contribution is 6.30. The Labute approximate surface area is 183 Å². The largest absolute Gasteiger partial charge is 0.440 e. The Hall–Kier alpha value is -3.82. The van der Waals surface area contributed by atoms with E-state index < -0.39 is 17.7 Å². The van der Waals surface area contributed by atoms with Crippen LogP contribution in [0, 0.1) is 17.1 Å². The number of nitrogens with zero attached hydrogens (tertiary/aromatic N) is 1. The number of carbonyl (C=O) groups excluding carboxylic acids is 1. The van der Waals surface area contributed by atoms with Crippen LogP contribution < -0.4 is 15.2 Å². The number of hydrogen-bond donors (Lipinski definition) is 1. The van der Waals surface area contributed by atoms with E-state index in [0.29, 0.717) is 21.9 Å². The molecule has 5 nitrogen and oxygen atoms in total. The van der Waals surface area contributed by atoms with Crippen molar-refractivity contribution >= 4 is 17.6 Å². The molecule has 1 heterocycles. The minimum absolute atomic E-state index is 0.0631. The van der Waals surface area contributed by atoms with Crippen molar-refractivity contribution in [3.05, 3.63) is 106 Å². The molecule has 1 unspecified atom stereocenters. The van der Waals surface area contributed by atoms with Crippen LogP contribution in [0.3, 0.4) is 0 Å². The quantitative estimate of drug-likeness (QED) is 0.469. The van der Waals surface area contributed by atoms with Gasteiger partial charge in [0.05, 0.1) is 12.3 Å². The van der Waals surface area contributed by atoms with Crippen LogP contribution in [-0.4, -0.2) is 5.97 Å². The molecular weight excluding hydrogens is 419 g/mol. The lowest BCUT2D eigenvalue weighted by molar-refractivity contribution is -0.133. The molecule has 0 saturated carbocycles. The SMILES string of the molecule is N#CC1=C(N)Oc2cc(OC(=O)Cc3ccc(Cl)cc3)ccc2C1c1ccccc1F. The number of allylic oxidation sites excluding steroid dienone is 1. The molecule has 0 amide bonds. The molecule has 4 rings (SSSR count). The fourth-order valence-corrected chi connectivity index (χ4v) is 3.59. The summed E-state index contributed by atoms with van der Waals surface area (Å²) in [6, 6.07) is 19.8. The van der Waals surface area contributed by atoms with Crippen LogP contribution in [0.15, 0.2) is 78.2 Å². The first-order valence-electron chi connectivity index (χ1n) is 9.37. The van der Waals surface area contributed by atoms with E-state index in [1.165, 1.54) is 12.1 Å². The summed E-state index contributed by atoms with van der Waals surface area (Å²) < 4.78 is 25.5. The van der Waals surface area contributed by atoms with Gasteiger partial charge in [-0.05, 0) is 29.8 Å². The highest BCUT2D eigenvalue weighted by Crippen LogP contribution is 2.44. The number of rotatable bonds is 4. The smallest absolute Gasteiger partial charge is 0.315 e. The van der Waals surface area contributed by atoms with Crippen LogP contribution in [0.4, 0.5) is 4.39 Å². The molecule has 31 heavy (non-hydrogen) atoms. The van der Waals surface area contributed by atoms with E-state index in [1.807, 2.05) is 6.07 Å². The molecule has 0 bridgehead atoms. The summed E-state index contributed by atoms with van der Waals surface area (Å²) in [5.41, 5.74) is 7.67. The third-order valence-electron chi connectivity index (χ3n) is 4.90. The second kappa shape index (κ2) is 8.50. The van der Waals surface area contributed by atoms with E-state index in [1.54, 1.807) is 54.6 Å². The van der Waals surface area contributed by atoms with Crippen molar-refractivity contribution < 1.29 is 18.7 Å². The van der Waals surface area contributed by atoms with Gasteiger partial charge in [-0.1, -0.05) is 48.0 Å². The topological polar surface area (TPSA) is 85.3 Å². The monoisotopic (exact) mass is 434 g/mol. The van der Waals surface area contributed by atoms with Crippen LogP contribution in [0.5, 0.6) is 11.5 Å². The molecule has 3 aromatic rings. The van der Waals surface area contributed by atoms with E-state index in [-0.39, 0.29) is 23.6 Å². The van der Waals surface area contributed by atoms with Crippen molar-refractivity contribution in [2.45, 2.75) is 12.3 Å². The number of esters is 1. The summed E-state index contributed by atoms with van der Waals surface area (Å²) in [4.78, 5) is 12.3. The molecule has 3 aromatic carbocycles. The van der Waals surface area contributed by atoms with Crippen molar-refractivity contribution in [2.24, 2.45) is 5.73 Å². The molecular formula is C24H16ClFN2O3. The third-order valence-corrected chi connectivity index (χ3v) is 5.15. The first kappa shape index (κ1) is 20.5. The van der Waals surface area contributed by atoms with Gasteiger partial charge in [-0.25, -0.2) is 4.39 Å². The molecule has 7 heteroatoms. The van der Waals surface area contributed by atoms with Crippen LogP contribution in [0.25, 0.3) is 0 Å². The van der Waals surface area contributed by atoms with Crippen LogP contribution in [-0.2, 0) is 11.2 Å². The highest BCUT2D eigenvalue weighted by atomic mass is 35.5. The van der Waals surface area contributed by atoms with Gasteiger partial charge in [-0.2, -0.15) is 5.26 Å². The van der Waals surface area contributed by atoms with E-state index in [4.69, 9.17) is 26.8 Å². The standard InChI is InChI=1S/C24H16ClFN2O3/c25-15-7-5-14(6-8-15)11-22(29)30-16-9-10-18-21(12-16)31-24(28)19(13-27)23(18)17-3-1-2-4-20(17)26/h1-10,12,23H,11,28H2. The molecule has 0 aliphatic carbocycles. The Morgan fingerprint density at radius 1 is 1.13 bits per heavy atom. The molecule has 1 aliphatic heterocycles. The normalized spacial score (nSPS) is 14.9. The number of hydrogen-bond acceptors (Lipinski definition) is 5. The molecule has 0 saturated heterocycles. The minimum Gasteiger partial charge on any atom is -0.440 e. The number of carbonyl (C=O) groups is 1. The van der Waals surface area contributed by atoms with Crippen molar-refractivity contribution in [1.82, 2.24) is 0 Å². The van der Waals surface area contributed by atoms with E-state index >= 15 is 0 Å².